The van der Waals surface area contributed by atoms with Gasteiger partial charge in [-0.15, -0.1) is 0 Å². The lowest BCUT2D eigenvalue weighted by Gasteiger charge is -2.06. The standard InChI is InChI=1S/C15H14N6O2/c1-2-23-13-5-4-11(8-16-13)14(22)20-12-9-17-15(18-10-12)21-7-3-6-19-21/h3-10H,2H2,1H3,(H,20,22). The van der Waals surface area contributed by atoms with Gasteiger partial charge in [0.1, 0.15) is 0 Å². The molecule has 3 aromatic rings. The third kappa shape index (κ3) is 3.49. The number of pyridine rings is 1. The van der Waals surface area contributed by atoms with Crippen molar-refractivity contribution >= 4 is 11.6 Å². The largest absolute Gasteiger partial charge is 0.478 e. The minimum absolute atomic E-state index is 0.295. The maximum atomic E-state index is 12.1. The molecule has 0 aliphatic carbocycles. The fourth-order valence-corrected chi connectivity index (χ4v) is 1.84. The molecule has 8 heteroatoms. The molecule has 8 nitrogen and oxygen atoms in total. The molecule has 0 aliphatic rings. The second kappa shape index (κ2) is 6.65. The zero-order chi connectivity index (χ0) is 16.1. The number of hydrogen-bond acceptors (Lipinski definition) is 6. The SMILES string of the molecule is CCOc1ccc(C(=O)Nc2cnc(-n3cccn3)nc2)cn1. The van der Waals surface area contributed by atoms with E-state index in [9.17, 15) is 4.79 Å². The second-order valence-corrected chi connectivity index (χ2v) is 4.49. The minimum Gasteiger partial charge on any atom is -0.478 e. The summed E-state index contributed by atoms with van der Waals surface area (Å²) >= 11 is 0. The Bertz CT molecular complexity index is 769. The highest BCUT2D eigenvalue weighted by Gasteiger charge is 2.08. The van der Waals surface area contributed by atoms with Crippen molar-refractivity contribution in [3.8, 4) is 11.8 Å². The average molecular weight is 310 g/mol. The molecule has 3 heterocycles. The molecule has 3 rings (SSSR count). The summed E-state index contributed by atoms with van der Waals surface area (Å²) in [4.78, 5) is 24.5. The molecule has 0 saturated heterocycles. The van der Waals surface area contributed by atoms with E-state index in [0.29, 0.717) is 29.7 Å². The van der Waals surface area contributed by atoms with Gasteiger partial charge in [-0.25, -0.2) is 19.6 Å². The Labute approximate surface area is 132 Å². The Morgan fingerprint density at radius 2 is 2.04 bits per heavy atom. The van der Waals surface area contributed by atoms with Gasteiger partial charge < -0.3 is 10.1 Å². The van der Waals surface area contributed by atoms with Crippen LogP contribution in [0.25, 0.3) is 5.95 Å². The van der Waals surface area contributed by atoms with Gasteiger partial charge in [0.05, 0.1) is 30.3 Å². The summed E-state index contributed by atoms with van der Waals surface area (Å²) < 4.78 is 6.77. The van der Waals surface area contributed by atoms with Crippen LogP contribution in [0.3, 0.4) is 0 Å². The van der Waals surface area contributed by atoms with Gasteiger partial charge >= 0.3 is 0 Å². The Balaban J connectivity index is 1.67. The molecule has 0 unspecified atom stereocenters. The van der Waals surface area contributed by atoms with Crippen molar-refractivity contribution in [3.63, 3.8) is 0 Å². The molecule has 0 aromatic carbocycles. The normalized spacial score (nSPS) is 10.3. The van der Waals surface area contributed by atoms with E-state index >= 15 is 0 Å². The Morgan fingerprint density at radius 1 is 1.22 bits per heavy atom. The molecule has 0 radical (unpaired) electrons. The van der Waals surface area contributed by atoms with E-state index in [2.05, 4.69) is 25.4 Å². The minimum atomic E-state index is -0.295. The number of anilines is 1. The van der Waals surface area contributed by atoms with Gasteiger partial charge in [0, 0.05) is 24.7 Å². The number of amides is 1. The number of carbonyl (C=O) groups is 1. The van der Waals surface area contributed by atoms with Crippen molar-refractivity contribution < 1.29 is 9.53 Å². The highest BCUT2D eigenvalue weighted by atomic mass is 16.5. The molecule has 1 N–H and O–H groups in total. The molecule has 0 spiro atoms. The van der Waals surface area contributed by atoms with E-state index in [0.717, 1.165) is 0 Å². The summed E-state index contributed by atoms with van der Waals surface area (Å²) in [5.74, 6) is 0.614. The quantitative estimate of drug-likeness (QED) is 0.771. The van der Waals surface area contributed by atoms with Crippen LogP contribution in [0.15, 0.2) is 49.2 Å². The van der Waals surface area contributed by atoms with Gasteiger partial charge in [0.2, 0.25) is 5.88 Å². The maximum Gasteiger partial charge on any atom is 0.257 e. The summed E-state index contributed by atoms with van der Waals surface area (Å²) in [6.45, 7) is 2.40. The van der Waals surface area contributed by atoms with Crippen molar-refractivity contribution in [2.24, 2.45) is 0 Å². The molecule has 23 heavy (non-hydrogen) atoms. The molecular weight excluding hydrogens is 296 g/mol. The summed E-state index contributed by atoms with van der Waals surface area (Å²) in [7, 11) is 0. The number of rotatable bonds is 5. The third-order valence-corrected chi connectivity index (χ3v) is 2.90. The van der Waals surface area contributed by atoms with E-state index in [1.54, 1.807) is 30.6 Å². The lowest BCUT2D eigenvalue weighted by Crippen LogP contribution is -2.13. The van der Waals surface area contributed by atoms with Crippen molar-refractivity contribution in [1.29, 1.82) is 0 Å². The molecule has 0 bridgehead atoms. The summed E-state index contributed by atoms with van der Waals surface area (Å²) in [5, 5.41) is 6.74. The predicted octanol–water partition coefficient (Wildman–Crippen LogP) is 1.71. The van der Waals surface area contributed by atoms with Crippen LogP contribution in [0, 0.1) is 0 Å². The summed E-state index contributed by atoms with van der Waals surface area (Å²) in [6, 6.07) is 5.07. The Hall–Kier alpha value is -3.29. The lowest BCUT2D eigenvalue weighted by molar-refractivity contribution is 0.102. The second-order valence-electron chi connectivity index (χ2n) is 4.49. The van der Waals surface area contributed by atoms with E-state index in [1.165, 1.54) is 23.3 Å². The van der Waals surface area contributed by atoms with E-state index < -0.39 is 0 Å². The van der Waals surface area contributed by atoms with Crippen LogP contribution in [0.5, 0.6) is 5.88 Å². The smallest absolute Gasteiger partial charge is 0.257 e. The van der Waals surface area contributed by atoms with Crippen LogP contribution < -0.4 is 10.1 Å². The number of hydrogen-bond donors (Lipinski definition) is 1. The number of ether oxygens (including phenoxy) is 1. The highest BCUT2D eigenvalue weighted by Crippen LogP contribution is 2.11. The molecule has 0 atom stereocenters. The van der Waals surface area contributed by atoms with Crippen molar-refractivity contribution in [2.75, 3.05) is 11.9 Å². The number of aromatic nitrogens is 5. The fourth-order valence-electron chi connectivity index (χ4n) is 1.84. The van der Waals surface area contributed by atoms with Gasteiger partial charge in [-0.3, -0.25) is 4.79 Å². The fraction of sp³-hybridized carbons (Fsp3) is 0.133. The van der Waals surface area contributed by atoms with Gasteiger partial charge in [-0.05, 0) is 19.1 Å². The predicted molar refractivity (Wildman–Crippen MR) is 82.5 cm³/mol. The van der Waals surface area contributed by atoms with Crippen molar-refractivity contribution in [2.45, 2.75) is 6.92 Å². The van der Waals surface area contributed by atoms with Crippen molar-refractivity contribution in [3.05, 3.63) is 54.7 Å². The van der Waals surface area contributed by atoms with Crippen LogP contribution in [-0.4, -0.2) is 37.2 Å². The average Bonchev–Trinajstić information content (AvgIpc) is 3.11. The molecular formula is C15H14N6O2. The van der Waals surface area contributed by atoms with Crippen LogP contribution in [0.1, 0.15) is 17.3 Å². The van der Waals surface area contributed by atoms with Crippen LogP contribution in [-0.2, 0) is 0 Å². The third-order valence-electron chi connectivity index (χ3n) is 2.90. The first-order valence-corrected chi connectivity index (χ1v) is 6.98. The van der Waals surface area contributed by atoms with Gasteiger partial charge in [-0.1, -0.05) is 0 Å². The monoisotopic (exact) mass is 310 g/mol. The number of nitrogens with zero attached hydrogens (tertiary/aromatic N) is 5. The first-order chi connectivity index (χ1) is 11.3. The lowest BCUT2D eigenvalue weighted by atomic mass is 10.2. The molecule has 0 fully saturated rings. The maximum absolute atomic E-state index is 12.1. The Kier molecular flexibility index (Phi) is 4.23. The topological polar surface area (TPSA) is 94.8 Å². The Morgan fingerprint density at radius 3 is 2.65 bits per heavy atom. The molecule has 0 saturated carbocycles. The molecule has 1 amide bonds. The van der Waals surface area contributed by atoms with E-state index in [1.807, 2.05) is 6.92 Å². The highest BCUT2D eigenvalue weighted by molar-refractivity contribution is 6.03. The summed E-state index contributed by atoms with van der Waals surface area (Å²) in [5.41, 5.74) is 0.907. The first kappa shape index (κ1) is 14.6. The summed E-state index contributed by atoms with van der Waals surface area (Å²) in [6.07, 6.45) is 7.87. The molecule has 0 aliphatic heterocycles. The number of carbonyl (C=O) groups excluding carboxylic acids is 1. The van der Waals surface area contributed by atoms with Crippen LogP contribution >= 0.6 is 0 Å². The van der Waals surface area contributed by atoms with E-state index in [-0.39, 0.29) is 5.91 Å². The van der Waals surface area contributed by atoms with Gasteiger partial charge in [0.15, 0.2) is 0 Å². The molecule has 116 valence electrons. The first-order valence-electron chi connectivity index (χ1n) is 6.98. The zero-order valence-corrected chi connectivity index (χ0v) is 12.4. The number of nitrogens with one attached hydrogen (secondary N) is 1. The van der Waals surface area contributed by atoms with Crippen LogP contribution in [0.2, 0.25) is 0 Å². The van der Waals surface area contributed by atoms with E-state index in [4.69, 9.17) is 4.74 Å². The van der Waals surface area contributed by atoms with Crippen molar-refractivity contribution in [1.82, 2.24) is 24.7 Å². The zero-order valence-electron chi connectivity index (χ0n) is 12.4. The van der Waals surface area contributed by atoms with Gasteiger partial charge in [-0.2, -0.15) is 5.10 Å². The van der Waals surface area contributed by atoms with Gasteiger partial charge in [0.25, 0.3) is 11.9 Å². The van der Waals surface area contributed by atoms with Crippen LogP contribution in [0.4, 0.5) is 5.69 Å². The molecule has 3 aromatic heterocycles.